The van der Waals surface area contributed by atoms with Crippen molar-refractivity contribution < 1.29 is 0 Å². The zero-order chi connectivity index (χ0) is 13.0. The summed E-state index contributed by atoms with van der Waals surface area (Å²) in [7, 11) is 2.06. The molecule has 0 bridgehead atoms. The predicted molar refractivity (Wildman–Crippen MR) is 75.3 cm³/mol. The lowest BCUT2D eigenvalue weighted by atomic mass is 10.2. The number of benzene rings is 1. The average Bonchev–Trinajstić information content (AvgIpc) is 2.39. The topological polar surface area (TPSA) is 54.2 Å². The maximum atomic E-state index is 5.46. The van der Waals surface area contributed by atoms with Gasteiger partial charge in [0.05, 0.1) is 0 Å². The zero-order valence-electron chi connectivity index (χ0n) is 10.7. The van der Waals surface area contributed by atoms with Gasteiger partial charge >= 0.3 is 0 Å². The molecule has 1 aromatic carbocycles. The molecule has 0 amide bonds. The lowest BCUT2D eigenvalue weighted by Crippen LogP contribution is -2.19. The molecule has 1 heterocycles. The van der Waals surface area contributed by atoms with Crippen LogP contribution in [-0.2, 0) is 6.54 Å². The number of nitrogens with zero attached hydrogens (tertiary/aromatic N) is 2. The second kappa shape index (κ2) is 5.51. The van der Waals surface area contributed by atoms with E-state index in [4.69, 9.17) is 5.84 Å². The summed E-state index contributed by atoms with van der Waals surface area (Å²) in [4.78, 5) is 6.37. The molecule has 0 aliphatic carbocycles. The fraction of sp³-hybridized carbons (Fsp3) is 0.214. The fourth-order valence-corrected chi connectivity index (χ4v) is 1.91. The molecule has 0 radical (unpaired) electrons. The van der Waals surface area contributed by atoms with Crippen LogP contribution in [0.15, 0.2) is 42.6 Å². The van der Waals surface area contributed by atoms with E-state index in [-0.39, 0.29) is 0 Å². The first kappa shape index (κ1) is 12.4. The second-order valence-electron chi connectivity index (χ2n) is 4.35. The van der Waals surface area contributed by atoms with Crippen LogP contribution < -0.4 is 16.2 Å². The number of aromatic nitrogens is 1. The van der Waals surface area contributed by atoms with Gasteiger partial charge in [0, 0.05) is 31.0 Å². The molecule has 18 heavy (non-hydrogen) atoms. The summed E-state index contributed by atoms with van der Waals surface area (Å²) in [6, 6.07) is 12.3. The monoisotopic (exact) mass is 242 g/mol. The zero-order valence-corrected chi connectivity index (χ0v) is 10.7. The first-order valence-corrected chi connectivity index (χ1v) is 5.89. The Morgan fingerprint density at radius 1 is 1.28 bits per heavy atom. The van der Waals surface area contributed by atoms with Crippen molar-refractivity contribution in [1.82, 2.24) is 4.98 Å². The molecule has 1 aromatic heterocycles. The molecule has 0 aliphatic rings. The molecule has 0 atom stereocenters. The molecule has 0 saturated heterocycles. The Labute approximate surface area is 107 Å². The van der Waals surface area contributed by atoms with E-state index in [0.717, 1.165) is 17.9 Å². The van der Waals surface area contributed by atoms with E-state index in [1.165, 1.54) is 11.3 Å². The number of anilines is 2. The minimum Gasteiger partial charge on any atom is -0.370 e. The van der Waals surface area contributed by atoms with Crippen LogP contribution in [0.5, 0.6) is 0 Å². The van der Waals surface area contributed by atoms with Crippen molar-refractivity contribution >= 4 is 11.5 Å². The number of hydrogen-bond acceptors (Lipinski definition) is 4. The van der Waals surface area contributed by atoms with Gasteiger partial charge in [0.2, 0.25) is 0 Å². The lowest BCUT2D eigenvalue weighted by Gasteiger charge is -2.20. The highest BCUT2D eigenvalue weighted by atomic mass is 15.3. The van der Waals surface area contributed by atoms with E-state index in [9.17, 15) is 0 Å². The molecule has 3 N–H and O–H groups in total. The van der Waals surface area contributed by atoms with E-state index >= 15 is 0 Å². The predicted octanol–water partition coefficient (Wildman–Crippen LogP) is 2.31. The SMILES string of the molecule is Cc1cccc(N(C)Cc2cccnc2NN)c1. The van der Waals surface area contributed by atoms with Crippen molar-refractivity contribution in [3.05, 3.63) is 53.7 Å². The van der Waals surface area contributed by atoms with Crippen molar-refractivity contribution in [3.8, 4) is 0 Å². The number of hydrogen-bond donors (Lipinski definition) is 2. The van der Waals surface area contributed by atoms with Crippen LogP contribution in [0.3, 0.4) is 0 Å². The Kier molecular flexibility index (Phi) is 3.79. The number of nitrogen functional groups attached to an aromatic ring is 1. The minimum atomic E-state index is 0.719. The number of aryl methyl sites for hydroxylation is 1. The Morgan fingerprint density at radius 2 is 2.11 bits per heavy atom. The highest BCUT2D eigenvalue weighted by molar-refractivity contribution is 5.51. The van der Waals surface area contributed by atoms with Gasteiger partial charge in [-0.05, 0) is 30.7 Å². The van der Waals surface area contributed by atoms with Gasteiger partial charge in [-0.15, -0.1) is 0 Å². The smallest absolute Gasteiger partial charge is 0.144 e. The summed E-state index contributed by atoms with van der Waals surface area (Å²) in [5, 5.41) is 0. The van der Waals surface area contributed by atoms with Gasteiger partial charge in [-0.3, -0.25) is 0 Å². The first-order chi connectivity index (χ1) is 8.70. The second-order valence-corrected chi connectivity index (χ2v) is 4.35. The van der Waals surface area contributed by atoms with Crippen molar-refractivity contribution in [2.45, 2.75) is 13.5 Å². The normalized spacial score (nSPS) is 10.2. The molecule has 2 rings (SSSR count). The number of nitrogens with two attached hydrogens (primary N) is 1. The third-order valence-corrected chi connectivity index (χ3v) is 2.88. The summed E-state index contributed by atoms with van der Waals surface area (Å²) in [5.41, 5.74) is 6.13. The van der Waals surface area contributed by atoms with Crippen LogP contribution in [0.4, 0.5) is 11.5 Å². The molecule has 4 nitrogen and oxygen atoms in total. The van der Waals surface area contributed by atoms with E-state index in [2.05, 4.69) is 53.5 Å². The van der Waals surface area contributed by atoms with Crippen molar-refractivity contribution in [2.24, 2.45) is 5.84 Å². The Morgan fingerprint density at radius 3 is 2.83 bits per heavy atom. The van der Waals surface area contributed by atoms with Gasteiger partial charge in [0.25, 0.3) is 0 Å². The highest BCUT2D eigenvalue weighted by Crippen LogP contribution is 2.19. The quantitative estimate of drug-likeness (QED) is 0.638. The molecular weight excluding hydrogens is 224 g/mol. The van der Waals surface area contributed by atoms with Gasteiger partial charge in [0.15, 0.2) is 0 Å². The van der Waals surface area contributed by atoms with Gasteiger partial charge in [0.1, 0.15) is 5.82 Å². The standard InChI is InChI=1S/C14H18N4/c1-11-5-3-7-13(9-11)18(2)10-12-6-4-8-16-14(12)17-15/h3-9H,10,15H2,1-2H3,(H,16,17). The highest BCUT2D eigenvalue weighted by Gasteiger charge is 2.06. The average molecular weight is 242 g/mol. The van der Waals surface area contributed by atoms with Crippen LogP contribution in [0.25, 0.3) is 0 Å². The summed E-state index contributed by atoms with van der Waals surface area (Å²) in [6.07, 6.45) is 1.73. The summed E-state index contributed by atoms with van der Waals surface area (Å²) >= 11 is 0. The maximum Gasteiger partial charge on any atom is 0.144 e. The Bertz CT molecular complexity index is 525. The molecule has 0 unspecified atom stereocenters. The number of pyridine rings is 1. The molecule has 2 aromatic rings. The maximum absolute atomic E-state index is 5.46. The number of rotatable bonds is 4. The number of nitrogens with one attached hydrogen (secondary N) is 1. The van der Waals surface area contributed by atoms with Crippen LogP contribution >= 0.6 is 0 Å². The first-order valence-electron chi connectivity index (χ1n) is 5.89. The summed E-state index contributed by atoms with van der Waals surface area (Å²) < 4.78 is 0. The molecule has 0 fully saturated rings. The van der Waals surface area contributed by atoms with E-state index in [0.29, 0.717) is 0 Å². The van der Waals surface area contributed by atoms with E-state index in [1.54, 1.807) is 6.20 Å². The third kappa shape index (κ3) is 2.78. The van der Waals surface area contributed by atoms with E-state index < -0.39 is 0 Å². The van der Waals surface area contributed by atoms with Crippen molar-refractivity contribution in [2.75, 3.05) is 17.4 Å². The van der Waals surface area contributed by atoms with Gasteiger partial charge < -0.3 is 10.3 Å². The molecular formula is C14H18N4. The molecule has 0 aliphatic heterocycles. The molecule has 0 spiro atoms. The third-order valence-electron chi connectivity index (χ3n) is 2.88. The van der Waals surface area contributed by atoms with Crippen LogP contribution in [-0.4, -0.2) is 12.0 Å². The van der Waals surface area contributed by atoms with Gasteiger partial charge in [-0.2, -0.15) is 0 Å². The van der Waals surface area contributed by atoms with Gasteiger partial charge in [-0.25, -0.2) is 10.8 Å². The van der Waals surface area contributed by atoms with Gasteiger partial charge in [-0.1, -0.05) is 18.2 Å². The summed E-state index contributed by atoms with van der Waals surface area (Å²) in [5.74, 6) is 6.18. The van der Waals surface area contributed by atoms with Crippen LogP contribution in [0.1, 0.15) is 11.1 Å². The van der Waals surface area contributed by atoms with E-state index in [1.807, 2.05) is 12.1 Å². The van der Waals surface area contributed by atoms with Crippen molar-refractivity contribution in [3.63, 3.8) is 0 Å². The van der Waals surface area contributed by atoms with Crippen LogP contribution in [0, 0.1) is 6.92 Å². The lowest BCUT2D eigenvalue weighted by molar-refractivity contribution is 0.914. The largest absolute Gasteiger partial charge is 0.370 e. The summed E-state index contributed by atoms with van der Waals surface area (Å²) in [6.45, 7) is 2.85. The number of hydrazine groups is 1. The Hall–Kier alpha value is -2.07. The molecule has 4 heteroatoms. The fourth-order valence-electron chi connectivity index (χ4n) is 1.91. The molecule has 0 saturated carbocycles. The van der Waals surface area contributed by atoms with Crippen LogP contribution in [0.2, 0.25) is 0 Å². The Balaban J connectivity index is 2.18. The van der Waals surface area contributed by atoms with Crippen molar-refractivity contribution in [1.29, 1.82) is 0 Å². The molecule has 94 valence electrons. The minimum absolute atomic E-state index is 0.719.